The fourth-order valence-corrected chi connectivity index (χ4v) is 3.80. The maximum atomic E-state index is 10.8. The second-order valence-corrected chi connectivity index (χ2v) is 6.71. The summed E-state index contributed by atoms with van der Waals surface area (Å²) in [7, 11) is 0. The summed E-state index contributed by atoms with van der Waals surface area (Å²) in [5.41, 5.74) is 1.29. The normalized spacial score (nSPS) is 19.3. The van der Waals surface area contributed by atoms with E-state index in [0.717, 1.165) is 19.4 Å². The van der Waals surface area contributed by atoms with Crippen LogP contribution in [0.25, 0.3) is 0 Å². The molecule has 0 radical (unpaired) electrons. The molecule has 2 atom stereocenters. The van der Waals surface area contributed by atoms with Gasteiger partial charge >= 0.3 is 0 Å². The number of rotatable bonds is 7. The molecule has 1 saturated heterocycles. The molecule has 0 spiro atoms. The summed E-state index contributed by atoms with van der Waals surface area (Å²) < 4.78 is 5.52. The van der Waals surface area contributed by atoms with Crippen LogP contribution in [0.5, 0.6) is 5.75 Å². The van der Waals surface area contributed by atoms with Crippen LogP contribution in [0.2, 0.25) is 0 Å². The van der Waals surface area contributed by atoms with Gasteiger partial charge in [-0.1, -0.05) is 6.07 Å². The molecule has 1 aliphatic rings. The second-order valence-electron chi connectivity index (χ2n) is 5.93. The lowest BCUT2D eigenvalue weighted by atomic mass is 10.1. The summed E-state index contributed by atoms with van der Waals surface area (Å²) >= 11 is 1.69. The molecule has 24 heavy (non-hydrogen) atoms. The van der Waals surface area contributed by atoms with Crippen molar-refractivity contribution in [2.45, 2.75) is 25.0 Å². The monoisotopic (exact) mass is 348 g/mol. The molecular weight excluding hydrogens is 328 g/mol. The largest absolute Gasteiger partial charge is 0.491 e. The van der Waals surface area contributed by atoms with Gasteiger partial charge < -0.3 is 9.84 Å². The van der Waals surface area contributed by atoms with Gasteiger partial charge in [0.2, 0.25) is 0 Å². The number of hydrogen-bond donors (Lipinski definition) is 1. The Labute approximate surface area is 144 Å². The highest BCUT2D eigenvalue weighted by atomic mass is 32.1. The van der Waals surface area contributed by atoms with Crippen molar-refractivity contribution in [2.24, 2.45) is 0 Å². The number of benzene rings is 1. The van der Waals surface area contributed by atoms with E-state index in [2.05, 4.69) is 21.7 Å². The van der Waals surface area contributed by atoms with Crippen molar-refractivity contribution in [3.8, 4) is 5.75 Å². The average Bonchev–Trinajstić information content (AvgIpc) is 3.24. The Balaban J connectivity index is 1.53. The molecule has 1 fully saturated rings. The van der Waals surface area contributed by atoms with Gasteiger partial charge in [-0.15, -0.1) is 0 Å². The number of non-ortho nitro benzene ring substituents is 1. The maximum absolute atomic E-state index is 10.8. The van der Waals surface area contributed by atoms with Gasteiger partial charge in [0.25, 0.3) is 5.69 Å². The van der Waals surface area contributed by atoms with Crippen LogP contribution in [0, 0.1) is 10.1 Å². The molecule has 6 nitrogen and oxygen atoms in total. The first-order valence-corrected chi connectivity index (χ1v) is 8.89. The molecule has 1 aromatic carbocycles. The summed E-state index contributed by atoms with van der Waals surface area (Å²) in [4.78, 5) is 12.6. The number of nitrogens with zero attached hydrogens (tertiary/aromatic N) is 2. The SMILES string of the molecule is O=[N+]([O-])c1cccc(OCC(O)CN2CCCC2c2ccsc2)c1. The number of likely N-dealkylation sites (tertiary alicyclic amines) is 1. The van der Waals surface area contributed by atoms with E-state index in [-0.39, 0.29) is 12.3 Å². The zero-order valence-electron chi connectivity index (χ0n) is 13.2. The Morgan fingerprint density at radius 3 is 3.08 bits per heavy atom. The number of nitro benzene ring substituents is 1. The summed E-state index contributed by atoms with van der Waals surface area (Å²) in [6.07, 6.45) is 1.59. The smallest absolute Gasteiger partial charge is 0.273 e. The van der Waals surface area contributed by atoms with Crippen LogP contribution in [0.1, 0.15) is 24.4 Å². The Morgan fingerprint density at radius 1 is 1.46 bits per heavy atom. The molecule has 2 unspecified atom stereocenters. The molecule has 128 valence electrons. The highest BCUT2D eigenvalue weighted by Gasteiger charge is 2.27. The second kappa shape index (κ2) is 7.74. The molecular formula is C17H20N2O4S. The van der Waals surface area contributed by atoms with Gasteiger partial charge in [0.05, 0.1) is 11.0 Å². The summed E-state index contributed by atoms with van der Waals surface area (Å²) in [5.74, 6) is 0.402. The lowest BCUT2D eigenvalue weighted by molar-refractivity contribution is -0.384. The predicted octanol–water partition coefficient (Wildman–Crippen LogP) is 3.23. The summed E-state index contributed by atoms with van der Waals surface area (Å²) in [6, 6.07) is 8.52. The Hall–Kier alpha value is -1.96. The van der Waals surface area contributed by atoms with Gasteiger partial charge in [0.15, 0.2) is 0 Å². The van der Waals surface area contributed by atoms with Crippen LogP contribution in [0.3, 0.4) is 0 Å². The zero-order valence-corrected chi connectivity index (χ0v) is 14.0. The maximum Gasteiger partial charge on any atom is 0.273 e. The third-order valence-corrected chi connectivity index (χ3v) is 4.91. The Bertz CT molecular complexity index is 677. The van der Waals surface area contributed by atoms with Crippen molar-refractivity contribution in [1.82, 2.24) is 4.90 Å². The summed E-state index contributed by atoms with van der Waals surface area (Å²) in [5, 5.41) is 25.3. The number of ether oxygens (including phenoxy) is 1. The number of β-amino-alcohol motifs (C(OH)–C–C–N with tert-alkyl or cyclic N) is 1. The van der Waals surface area contributed by atoms with E-state index >= 15 is 0 Å². The van der Waals surface area contributed by atoms with Gasteiger partial charge in [-0.2, -0.15) is 11.3 Å². The van der Waals surface area contributed by atoms with E-state index in [9.17, 15) is 15.2 Å². The molecule has 0 aliphatic carbocycles. The Kier molecular flexibility index (Phi) is 5.44. The van der Waals surface area contributed by atoms with Gasteiger partial charge in [0, 0.05) is 18.7 Å². The van der Waals surface area contributed by atoms with Crippen LogP contribution >= 0.6 is 11.3 Å². The fourth-order valence-electron chi connectivity index (χ4n) is 3.09. The van der Waals surface area contributed by atoms with Gasteiger partial charge in [-0.3, -0.25) is 15.0 Å². The first kappa shape index (κ1) is 16.9. The molecule has 3 rings (SSSR count). The topological polar surface area (TPSA) is 75.8 Å². The van der Waals surface area contributed by atoms with E-state index < -0.39 is 11.0 Å². The minimum absolute atomic E-state index is 0.0148. The number of thiophene rings is 1. The van der Waals surface area contributed by atoms with Gasteiger partial charge in [0.1, 0.15) is 18.5 Å². The van der Waals surface area contributed by atoms with Crippen molar-refractivity contribution in [2.75, 3.05) is 19.7 Å². The van der Waals surface area contributed by atoms with Crippen molar-refractivity contribution < 1.29 is 14.8 Å². The van der Waals surface area contributed by atoms with Crippen LogP contribution in [-0.2, 0) is 0 Å². The van der Waals surface area contributed by atoms with E-state index in [1.807, 2.05) is 0 Å². The van der Waals surface area contributed by atoms with Crippen molar-refractivity contribution in [1.29, 1.82) is 0 Å². The molecule has 1 aliphatic heterocycles. The number of aliphatic hydroxyl groups is 1. The van der Waals surface area contributed by atoms with E-state index in [1.54, 1.807) is 23.5 Å². The fraction of sp³-hybridized carbons (Fsp3) is 0.412. The minimum Gasteiger partial charge on any atom is -0.491 e. The molecule has 0 saturated carbocycles. The minimum atomic E-state index is -0.636. The first-order valence-electron chi connectivity index (χ1n) is 7.95. The van der Waals surface area contributed by atoms with Crippen molar-refractivity contribution in [3.05, 3.63) is 56.8 Å². The molecule has 2 aromatic rings. The van der Waals surface area contributed by atoms with E-state index in [1.165, 1.54) is 17.7 Å². The Morgan fingerprint density at radius 2 is 2.33 bits per heavy atom. The standard InChI is InChI=1S/C17H20N2O4S/c20-15(11-23-16-4-1-3-14(9-16)19(21)22)10-18-7-2-5-17(18)13-6-8-24-12-13/h1,3-4,6,8-9,12,15,17,20H,2,5,7,10-11H2. The third kappa shape index (κ3) is 4.11. The third-order valence-electron chi connectivity index (χ3n) is 4.21. The van der Waals surface area contributed by atoms with Crippen LogP contribution in [0.4, 0.5) is 5.69 Å². The van der Waals surface area contributed by atoms with E-state index in [4.69, 9.17) is 4.74 Å². The highest BCUT2D eigenvalue weighted by molar-refractivity contribution is 7.07. The molecule has 2 heterocycles. The van der Waals surface area contributed by atoms with Gasteiger partial charge in [-0.25, -0.2) is 0 Å². The number of hydrogen-bond acceptors (Lipinski definition) is 6. The van der Waals surface area contributed by atoms with Gasteiger partial charge in [-0.05, 0) is 47.8 Å². The van der Waals surface area contributed by atoms with Crippen molar-refractivity contribution in [3.63, 3.8) is 0 Å². The average molecular weight is 348 g/mol. The predicted molar refractivity (Wildman–Crippen MR) is 92.5 cm³/mol. The summed E-state index contributed by atoms with van der Waals surface area (Å²) in [6.45, 7) is 1.62. The van der Waals surface area contributed by atoms with E-state index in [0.29, 0.717) is 18.3 Å². The number of aliphatic hydroxyl groups excluding tert-OH is 1. The van der Waals surface area contributed by atoms with Crippen LogP contribution < -0.4 is 4.74 Å². The molecule has 7 heteroatoms. The number of nitro groups is 1. The molecule has 1 N–H and O–H groups in total. The molecule has 0 bridgehead atoms. The first-order chi connectivity index (χ1) is 11.6. The highest BCUT2D eigenvalue weighted by Crippen LogP contribution is 2.33. The molecule has 0 amide bonds. The quantitative estimate of drug-likeness (QED) is 0.614. The lowest BCUT2D eigenvalue weighted by Gasteiger charge is -2.26. The zero-order chi connectivity index (χ0) is 16.9. The van der Waals surface area contributed by atoms with Crippen molar-refractivity contribution >= 4 is 17.0 Å². The lowest BCUT2D eigenvalue weighted by Crippen LogP contribution is -2.35. The molecule has 1 aromatic heterocycles. The van der Waals surface area contributed by atoms with Crippen LogP contribution in [-0.4, -0.2) is 40.7 Å². The van der Waals surface area contributed by atoms with Crippen LogP contribution in [0.15, 0.2) is 41.1 Å².